The molecule has 2 fully saturated rings. The van der Waals surface area contributed by atoms with Crippen LogP contribution >= 0.6 is 12.4 Å². The van der Waals surface area contributed by atoms with Crippen LogP contribution in [0.25, 0.3) is 0 Å². The Kier molecular flexibility index (Phi) is 8.07. The first kappa shape index (κ1) is 22.4. The van der Waals surface area contributed by atoms with Crippen LogP contribution in [0.2, 0.25) is 0 Å². The second-order valence-electron chi connectivity index (χ2n) is 7.75. The molecule has 6 nitrogen and oxygen atoms in total. The summed E-state index contributed by atoms with van der Waals surface area (Å²) in [5.74, 6) is -0.00553. The summed E-state index contributed by atoms with van der Waals surface area (Å²) in [5, 5.41) is 2.61. The first-order valence-corrected chi connectivity index (χ1v) is 9.80. The third-order valence-corrected chi connectivity index (χ3v) is 5.71. The van der Waals surface area contributed by atoms with E-state index in [9.17, 15) is 14.0 Å². The Morgan fingerprint density at radius 3 is 2.71 bits per heavy atom. The summed E-state index contributed by atoms with van der Waals surface area (Å²) in [7, 11) is 0. The van der Waals surface area contributed by atoms with Crippen LogP contribution in [0.4, 0.5) is 14.9 Å². The molecule has 2 saturated heterocycles. The van der Waals surface area contributed by atoms with Crippen molar-refractivity contribution in [3.05, 3.63) is 30.1 Å². The number of urea groups is 1. The topological polar surface area (TPSA) is 78.7 Å². The molecule has 28 heavy (non-hydrogen) atoms. The van der Waals surface area contributed by atoms with Gasteiger partial charge in [0.15, 0.2) is 0 Å². The third-order valence-electron chi connectivity index (χ3n) is 5.71. The van der Waals surface area contributed by atoms with Gasteiger partial charge in [-0.15, -0.1) is 12.4 Å². The number of para-hydroxylation sites is 1. The van der Waals surface area contributed by atoms with Gasteiger partial charge in [-0.1, -0.05) is 19.1 Å². The highest BCUT2D eigenvalue weighted by atomic mass is 35.5. The Bertz CT molecular complexity index is 690. The number of amides is 3. The van der Waals surface area contributed by atoms with Gasteiger partial charge in [-0.05, 0) is 43.7 Å². The van der Waals surface area contributed by atoms with Crippen LogP contribution in [0.5, 0.6) is 0 Å². The Balaban J connectivity index is 0.00000280. The van der Waals surface area contributed by atoms with Crippen molar-refractivity contribution in [1.82, 2.24) is 9.80 Å². The average Bonchev–Trinajstić information content (AvgIpc) is 2.69. The fourth-order valence-corrected chi connectivity index (χ4v) is 4.12. The van der Waals surface area contributed by atoms with Crippen LogP contribution < -0.4 is 11.1 Å². The predicted octanol–water partition coefficient (Wildman–Crippen LogP) is 3.08. The van der Waals surface area contributed by atoms with E-state index in [0.29, 0.717) is 25.6 Å². The first-order chi connectivity index (χ1) is 13.0. The summed E-state index contributed by atoms with van der Waals surface area (Å²) in [4.78, 5) is 29.1. The van der Waals surface area contributed by atoms with E-state index >= 15 is 0 Å². The minimum Gasteiger partial charge on any atom is -0.338 e. The molecule has 0 bridgehead atoms. The van der Waals surface area contributed by atoms with Crippen molar-refractivity contribution in [3.63, 3.8) is 0 Å². The standard InChI is InChI=1S/C20H29FN4O2.ClH/c1-14-8-10-25(16(11-14)12-22)19(26)15-5-4-9-24(13-15)20(27)23-18-7-3-2-6-17(18)21;/h2-3,6-7,14-16H,4-5,8-13,22H2,1H3,(H,23,27);1H. The number of nitrogens with zero attached hydrogens (tertiary/aromatic N) is 2. The average molecular weight is 413 g/mol. The van der Waals surface area contributed by atoms with Gasteiger partial charge in [-0.3, -0.25) is 4.79 Å². The van der Waals surface area contributed by atoms with Gasteiger partial charge in [0.05, 0.1) is 11.6 Å². The van der Waals surface area contributed by atoms with Crippen molar-refractivity contribution in [2.75, 3.05) is 31.5 Å². The number of carbonyl (C=O) groups is 2. The summed E-state index contributed by atoms with van der Waals surface area (Å²) >= 11 is 0. The Morgan fingerprint density at radius 2 is 2.00 bits per heavy atom. The molecular formula is C20H30ClFN4O2. The lowest BCUT2D eigenvalue weighted by Gasteiger charge is -2.41. The molecule has 0 radical (unpaired) electrons. The summed E-state index contributed by atoms with van der Waals surface area (Å²) in [6.07, 6.45) is 3.46. The van der Waals surface area contributed by atoms with Crippen LogP contribution in [-0.4, -0.2) is 54.0 Å². The normalized spacial score (nSPS) is 25.0. The number of hydrogen-bond acceptors (Lipinski definition) is 3. The fraction of sp³-hybridized carbons (Fsp3) is 0.600. The van der Waals surface area contributed by atoms with E-state index in [4.69, 9.17) is 5.73 Å². The van der Waals surface area contributed by atoms with Crippen LogP contribution in [0.1, 0.15) is 32.6 Å². The smallest absolute Gasteiger partial charge is 0.321 e. The lowest BCUT2D eigenvalue weighted by atomic mass is 9.89. The second kappa shape index (κ2) is 10.1. The maximum Gasteiger partial charge on any atom is 0.321 e. The molecule has 0 saturated carbocycles. The van der Waals surface area contributed by atoms with E-state index in [1.54, 1.807) is 17.0 Å². The number of nitrogens with two attached hydrogens (primary N) is 1. The lowest BCUT2D eigenvalue weighted by Crippen LogP contribution is -2.54. The Hall–Kier alpha value is -1.86. The van der Waals surface area contributed by atoms with Gasteiger partial charge in [0.25, 0.3) is 0 Å². The van der Waals surface area contributed by atoms with Crippen molar-refractivity contribution >= 4 is 30.0 Å². The summed E-state index contributed by atoms with van der Waals surface area (Å²) in [6, 6.07) is 5.81. The Morgan fingerprint density at radius 1 is 1.25 bits per heavy atom. The van der Waals surface area contributed by atoms with E-state index < -0.39 is 5.82 Å². The van der Waals surface area contributed by atoms with Gasteiger partial charge in [-0.25, -0.2) is 9.18 Å². The number of halogens is 2. The van der Waals surface area contributed by atoms with Gasteiger partial charge in [0.2, 0.25) is 5.91 Å². The number of benzene rings is 1. The summed E-state index contributed by atoms with van der Waals surface area (Å²) in [5.41, 5.74) is 6.05. The molecule has 3 N–H and O–H groups in total. The minimum atomic E-state index is -0.469. The molecule has 2 aliphatic rings. The van der Waals surface area contributed by atoms with Crippen LogP contribution in [0.15, 0.2) is 24.3 Å². The highest BCUT2D eigenvalue weighted by molar-refractivity contribution is 5.90. The Labute approximate surface area is 172 Å². The zero-order chi connectivity index (χ0) is 19.4. The highest BCUT2D eigenvalue weighted by Crippen LogP contribution is 2.27. The molecule has 3 unspecified atom stereocenters. The molecule has 3 atom stereocenters. The van der Waals surface area contributed by atoms with Gasteiger partial charge in [0.1, 0.15) is 5.82 Å². The quantitative estimate of drug-likeness (QED) is 0.800. The molecule has 2 aliphatic heterocycles. The molecule has 3 amide bonds. The molecule has 0 aliphatic carbocycles. The molecule has 8 heteroatoms. The molecule has 0 aromatic heterocycles. The number of rotatable bonds is 3. The van der Waals surface area contributed by atoms with Crippen molar-refractivity contribution in [2.24, 2.45) is 17.6 Å². The zero-order valence-electron chi connectivity index (χ0n) is 16.3. The SMILES string of the molecule is CC1CCN(C(=O)C2CCCN(C(=O)Nc3ccccc3F)C2)C(CN)C1.Cl. The van der Waals surface area contributed by atoms with Crippen LogP contribution in [0, 0.1) is 17.7 Å². The molecular weight excluding hydrogens is 383 g/mol. The van der Waals surface area contributed by atoms with E-state index in [-0.39, 0.29) is 42.0 Å². The van der Waals surface area contributed by atoms with E-state index in [0.717, 1.165) is 32.2 Å². The molecule has 0 spiro atoms. The number of nitrogens with one attached hydrogen (secondary N) is 1. The van der Waals surface area contributed by atoms with Gasteiger partial charge in [0, 0.05) is 32.2 Å². The molecule has 156 valence electrons. The van der Waals surface area contributed by atoms with Crippen molar-refractivity contribution in [1.29, 1.82) is 0 Å². The second-order valence-corrected chi connectivity index (χ2v) is 7.75. The number of anilines is 1. The molecule has 1 aromatic rings. The van der Waals surface area contributed by atoms with E-state index in [2.05, 4.69) is 12.2 Å². The van der Waals surface area contributed by atoms with Gasteiger partial charge >= 0.3 is 6.03 Å². The lowest BCUT2D eigenvalue weighted by molar-refractivity contribution is -0.141. The van der Waals surface area contributed by atoms with Crippen molar-refractivity contribution < 1.29 is 14.0 Å². The predicted molar refractivity (Wildman–Crippen MR) is 110 cm³/mol. The minimum absolute atomic E-state index is 0. The van der Waals surface area contributed by atoms with Gasteiger partial charge in [-0.2, -0.15) is 0 Å². The highest BCUT2D eigenvalue weighted by Gasteiger charge is 2.36. The largest absolute Gasteiger partial charge is 0.338 e. The van der Waals surface area contributed by atoms with Crippen molar-refractivity contribution in [3.8, 4) is 0 Å². The maximum absolute atomic E-state index is 13.8. The van der Waals surface area contributed by atoms with Crippen LogP contribution in [-0.2, 0) is 4.79 Å². The monoisotopic (exact) mass is 412 g/mol. The molecule has 1 aromatic carbocycles. The van der Waals surface area contributed by atoms with E-state index in [1.165, 1.54) is 12.1 Å². The number of carbonyl (C=O) groups excluding carboxylic acids is 2. The van der Waals surface area contributed by atoms with Crippen molar-refractivity contribution in [2.45, 2.75) is 38.6 Å². The molecule has 2 heterocycles. The van der Waals surface area contributed by atoms with Crippen LogP contribution in [0.3, 0.4) is 0 Å². The number of likely N-dealkylation sites (tertiary alicyclic amines) is 2. The van der Waals surface area contributed by atoms with E-state index in [1.807, 2.05) is 4.90 Å². The molecule has 3 rings (SSSR count). The first-order valence-electron chi connectivity index (χ1n) is 9.80. The third kappa shape index (κ3) is 5.14. The fourth-order valence-electron chi connectivity index (χ4n) is 4.12. The maximum atomic E-state index is 13.8. The number of piperidine rings is 2. The zero-order valence-corrected chi connectivity index (χ0v) is 17.1. The summed E-state index contributed by atoms with van der Waals surface area (Å²) in [6.45, 7) is 4.34. The summed E-state index contributed by atoms with van der Waals surface area (Å²) < 4.78 is 13.8. The number of hydrogen-bond donors (Lipinski definition) is 2. The van der Waals surface area contributed by atoms with Gasteiger partial charge < -0.3 is 20.9 Å².